The maximum atomic E-state index is 12.8. The first kappa shape index (κ1) is 22.3. The van der Waals surface area contributed by atoms with Gasteiger partial charge in [0, 0.05) is 12.7 Å². The fourth-order valence-electron chi connectivity index (χ4n) is 2.12. The van der Waals surface area contributed by atoms with E-state index in [-0.39, 0.29) is 5.56 Å². The summed E-state index contributed by atoms with van der Waals surface area (Å²) in [5.41, 5.74) is -0.434. The van der Waals surface area contributed by atoms with Crippen molar-refractivity contribution in [3.05, 3.63) is 29.8 Å². The molecule has 1 rings (SSSR count). The second kappa shape index (κ2) is 10.4. The SMILES string of the molecule is COC(=O)C(CCCCNC(=O)OC(C)(C)C)NC(=O)c1ccc(F)nc1. The van der Waals surface area contributed by atoms with Crippen molar-refractivity contribution in [3.63, 3.8) is 0 Å². The molecule has 150 valence electrons. The van der Waals surface area contributed by atoms with Gasteiger partial charge in [-0.1, -0.05) is 0 Å². The molecule has 0 saturated carbocycles. The van der Waals surface area contributed by atoms with Gasteiger partial charge in [0.05, 0.1) is 12.7 Å². The van der Waals surface area contributed by atoms with Crippen LogP contribution < -0.4 is 10.6 Å². The van der Waals surface area contributed by atoms with E-state index >= 15 is 0 Å². The van der Waals surface area contributed by atoms with Crippen molar-refractivity contribution in [1.29, 1.82) is 0 Å². The van der Waals surface area contributed by atoms with E-state index in [1.807, 2.05) is 0 Å². The summed E-state index contributed by atoms with van der Waals surface area (Å²) in [7, 11) is 1.23. The largest absolute Gasteiger partial charge is 0.467 e. The molecule has 8 nitrogen and oxygen atoms in total. The number of halogens is 1. The minimum atomic E-state index is -0.853. The van der Waals surface area contributed by atoms with Crippen LogP contribution in [0.3, 0.4) is 0 Å². The summed E-state index contributed by atoms with van der Waals surface area (Å²) < 4.78 is 22.6. The molecule has 9 heteroatoms. The lowest BCUT2D eigenvalue weighted by molar-refractivity contribution is -0.143. The second-order valence-electron chi connectivity index (χ2n) is 6.84. The lowest BCUT2D eigenvalue weighted by Gasteiger charge is -2.20. The minimum Gasteiger partial charge on any atom is -0.467 e. The molecular weight excluding hydrogens is 357 g/mol. The van der Waals surface area contributed by atoms with E-state index in [9.17, 15) is 18.8 Å². The van der Waals surface area contributed by atoms with E-state index in [2.05, 4.69) is 15.6 Å². The Bertz CT molecular complexity index is 643. The van der Waals surface area contributed by atoms with Crippen LogP contribution in [-0.2, 0) is 14.3 Å². The number of rotatable bonds is 8. The number of nitrogens with zero attached hydrogens (tertiary/aromatic N) is 1. The molecule has 1 aromatic heterocycles. The van der Waals surface area contributed by atoms with Crippen molar-refractivity contribution in [2.45, 2.75) is 51.7 Å². The molecular formula is C18H26FN3O5. The number of esters is 1. The minimum absolute atomic E-state index is 0.136. The number of alkyl carbamates (subject to hydrolysis) is 1. The van der Waals surface area contributed by atoms with Gasteiger partial charge in [-0.15, -0.1) is 0 Å². The van der Waals surface area contributed by atoms with Crippen molar-refractivity contribution in [2.75, 3.05) is 13.7 Å². The summed E-state index contributed by atoms with van der Waals surface area (Å²) in [5.74, 6) is -1.84. The van der Waals surface area contributed by atoms with Crippen LogP contribution >= 0.6 is 0 Å². The van der Waals surface area contributed by atoms with Crippen molar-refractivity contribution >= 4 is 18.0 Å². The average Bonchev–Trinajstić information content (AvgIpc) is 2.58. The molecule has 0 bridgehead atoms. The molecule has 1 atom stereocenters. The summed E-state index contributed by atoms with van der Waals surface area (Å²) in [5, 5.41) is 5.17. The predicted molar refractivity (Wildman–Crippen MR) is 95.6 cm³/mol. The maximum Gasteiger partial charge on any atom is 0.407 e. The van der Waals surface area contributed by atoms with Crippen molar-refractivity contribution in [3.8, 4) is 0 Å². The summed E-state index contributed by atoms with van der Waals surface area (Å²) in [6, 6.07) is 1.48. The second-order valence-corrected chi connectivity index (χ2v) is 6.84. The number of pyridine rings is 1. The lowest BCUT2D eigenvalue weighted by atomic mass is 10.1. The van der Waals surface area contributed by atoms with Gasteiger partial charge in [-0.3, -0.25) is 4.79 Å². The van der Waals surface area contributed by atoms with Crippen molar-refractivity contribution in [2.24, 2.45) is 0 Å². The number of amides is 2. The van der Waals surface area contributed by atoms with Crippen molar-refractivity contribution in [1.82, 2.24) is 15.6 Å². The highest BCUT2D eigenvalue weighted by Crippen LogP contribution is 2.08. The molecule has 0 radical (unpaired) electrons. The van der Waals surface area contributed by atoms with Gasteiger partial charge in [-0.2, -0.15) is 4.39 Å². The van der Waals surface area contributed by atoms with E-state index in [1.165, 1.54) is 13.2 Å². The van der Waals surface area contributed by atoms with Crippen LogP contribution in [0, 0.1) is 5.95 Å². The standard InChI is InChI=1S/C18H26FN3O5/c1-18(2,3)27-17(25)20-10-6-5-7-13(16(24)26-4)22-15(23)12-8-9-14(19)21-11-12/h8-9,11,13H,5-7,10H2,1-4H3,(H,20,25)(H,22,23). The summed E-state index contributed by atoms with van der Waals surface area (Å²) in [6.45, 7) is 5.69. The molecule has 1 aromatic rings. The molecule has 2 N–H and O–H groups in total. The maximum absolute atomic E-state index is 12.8. The molecule has 1 unspecified atom stereocenters. The number of aromatic nitrogens is 1. The number of carbonyl (C=O) groups excluding carboxylic acids is 3. The highest BCUT2D eigenvalue weighted by atomic mass is 19.1. The highest BCUT2D eigenvalue weighted by Gasteiger charge is 2.22. The van der Waals surface area contributed by atoms with E-state index in [4.69, 9.17) is 9.47 Å². The first-order valence-corrected chi connectivity index (χ1v) is 8.59. The molecule has 27 heavy (non-hydrogen) atoms. The monoisotopic (exact) mass is 383 g/mol. The Morgan fingerprint density at radius 1 is 1.22 bits per heavy atom. The number of ether oxygens (including phenoxy) is 2. The van der Waals surface area contributed by atoms with E-state index in [0.717, 1.165) is 12.3 Å². The lowest BCUT2D eigenvalue weighted by Crippen LogP contribution is -2.41. The van der Waals surface area contributed by atoms with Gasteiger partial charge in [0.15, 0.2) is 0 Å². The van der Waals surface area contributed by atoms with Crippen LogP contribution in [0.4, 0.5) is 9.18 Å². The molecule has 2 amide bonds. The molecule has 0 aliphatic heterocycles. The topological polar surface area (TPSA) is 107 Å². The van der Waals surface area contributed by atoms with Gasteiger partial charge in [0.2, 0.25) is 5.95 Å². The zero-order valence-corrected chi connectivity index (χ0v) is 16.0. The molecule has 1 heterocycles. The number of methoxy groups -OCH3 is 1. The molecule has 0 saturated heterocycles. The van der Waals surface area contributed by atoms with E-state index in [0.29, 0.717) is 25.8 Å². The third kappa shape index (κ3) is 8.98. The summed E-state index contributed by atoms with van der Waals surface area (Å²) >= 11 is 0. The Kier molecular flexibility index (Phi) is 8.64. The van der Waals surface area contributed by atoms with Crippen LogP contribution in [-0.4, -0.2) is 48.3 Å². The summed E-state index contributed by atoms with van der Waals surface area (Å²) in [6.07, 6.45) is 2.04. The molecule has 0 aromatic carbocycles. The van der Waals surface area contributed by atoms with Crippen molar-refractivity contribution < 1.29 is 28.2 Å². The Morgan fingerprint density at radius 2 is 1.93 bits per heavy atom. The average molecular weight is 383 g/mol. The normalized spacial score (nSPS) is 12.0. The van der Waals surface area contributed by atoms with Gasteiger partial charge in [-0.05, 0) is 52.2 Å². The first-order chi connectivity index (χ1) is 12.6. The Morgan fingerprint density at radius 3 is 2.48 bits per heavy atom. The molecule has 0 fully saturated rings. The zero-order valence-electron chi connectivity index (χ0n) is 16.0. The van der Waals surface area contributed by atoms with Crippen LogP contribution in [0.1, 0.15) is 50.4 Å². The highest BCUT2D eigenvalue weighted by molar-refractivity contribution is 5.96. The summed E-state index contributed by atoms with van der Waals surface area (Å²) in [4.78, 5) is 38.9. The number of hydrogen-bond donors (Lipinski definition) is 2. The molecule has 0 aliphatic rings. The van der Waals surface area contributed by atoms with Crippen LogP contribution in [0.5, 0.6) is 0 Å². The fraction of sp³-hybridized carbons (Fsp3) is 0.556. The first-order valence-electron chi connectivity index (χ1n) is 8.59. The van der Waals surface area contributed by atoms with Crippen LogP contribution in [0.15, 0.2) is 18.3 Å². The van der Waals surface area contributed by atoms with Crippen LogP contribution in [0.25, 0.3) is 0 Å². The van der Waals surface area contributed by atoms with Gasteiger partial charge in [0.25, 0.3) is 5.91 Å². The zero-order chi connectivity index (χ0) is 20.4. The van der Waals surface area contributed by atoms with Gasteiger partial charge in [-0.25, -0.2) is 14.6 Å². The van der Waals surface area contributed by atoms with Gasteiger partial charge < -0.3 is 20.1 Å². The number of nitrogens with one attached hydrogen (secondary N) is 2. The van der Waals surface area contributed by atoms with E-state index < -0.39 is 35.6 Å². The Hall–Kier alpha value is -2.71. The number of unbranched alkanes of at least 4 members (excludes halogenated alkanes) is 1. The predicted octanol–water partition coefficient (Wildman–Crippen LogP) is 2.19. The van der Waals surface area contributed by atoms with Gasteiger partial charge in [0.1, 0.15) is 11.6 Å². The third-order valence-electron chi connectivity index (χ3n) is 3.37. The fourth-order valence-corrected chi connectivity index (χ4v) is 2.12. The Balaban J connectivity index is 2.44. The van der Waals surface area contributed by atoms with E-state index in [1.54, 1.807) is 20.8 Å². The molecule has 0 aliphatic carbocycles. The quantitative estimate of drug-likeness (QED) is 0.405. The number of carbonyl (C=O) groups is 3. The Labute approximate surface area is 157 Å². The third-order valence-corrected chi connectivity index (χ3v) is 3.37. The number of hydrogen-bond acceptors (Lipinski definition) is 6. The van der Waals surface area contributed by atoms with Crippen LogP contribution in [0.2, 0.25) is 0 Å². The van der Waals surface area contributed by atoms with Gasteiger partial charge >= 0.3 is 12.1 Å². The molecule has 0 spiro atoms. The smallest absolute Gasteiger partial charge is 0.407 e.